The average molecular weight is 417 g/mol. The third-order valence-electron chi connectivity index (χ3n) is 3.80. The van der Waals surface area contributed by atoms with Crippen molar-refractivity contribution in [3.8, 4) is 17.0 Å². The summed E-state index contributed by atoms with van der Waals surface area (Å²) in [4.78, 5) is 12.2. The lowest BCUT2D eigenvalue weighted by Crippen LogP contribution is -2.18. The van der Waals surface area contributed by atoms with Crippen LogP contribution in [-0.4, -0.2) is 28.9 Å². The maximum atomic E-state index is 12.2. The highest BCUT2D eigenvalue weighted by atomic mass is 35.5. The van der Waals surface area contributed by atoms with Crippen LogP contribution < -0.4 is 10.2 Å². The fraction of sp³-hybridized carbons (Fsp3) is 0.150. The smallest absolute Gasteiger partial charge is 0.289 e. The zero-order valence-corrected chi connectivity index (χ0v) is 16.6. The van der Waals surface area contributed by atoms with Crippen LogP contribution >= 0.6 is 23.2 Å². The Bertz CT molecular complexity index is 964. The van der Waals surface area contributed by atoms with Crippen molar-refractivity contribution in [1.82, 2.24) is 15.6 Å². The van der Waals surface area contributed by atoms with Gasteiger partial charge in [0.05, 0.1) is 28.6 Å². The topological polar surface area (TPSA) is 79.4 Å². The van der Waals surface area contributed by atoms with Gasteiger partial charge in [-0.15, -0.1) is 0 Å². The molecule has 0 aliphatic rings. The van der Waals surface area contributed by atoms with Gasteiger partial charge >= 0.3 is 0 Å². The number of halogens is 2. The van der Waals surface area contributed by atoms with E-state index in [-0.39, 0.29) is 5.69 Å². The second kappa shape index (κ2) is 9.39. The molecule has 0 saturated carbocycles. The SMILES string of the molecule is CCCOc1ccc(-c2cc(C(=O)NN=Cc3c(Cl)cccc3Cl)[nH]n2)cc1. The number of ether oxygens (including phenoxy) is 1. The molecule has 2 aromatic carbocycles. The standard InChI is InChI=1S/C20H18Cl2N4O2/c1-2-10-28-14-8-6-13(7-9-14)18-11-19(25-24-18)20(27)26-23-12-15-16(21)4-3-5-17(15)22/h3-9,11-12H,2,10H2,1H3,(H,24,25)(H,26,27). The minimum Gasteiger partial charge on any atom is -0.494 e. The fourth-order valence-electron chi connectivity index (χ4n) is 2.38. The summed E-state index contributed by atoms with van der Waals surface area (Å²) in [6.07, 6.45) is 2.35. The molecule has 28 heavy (non-hydrogen) atoms. The second-order valence-electron chi connectivity index (χ2n) is 5.87. The van der Waals surface area contributed by atoms with Gasteiger partial charge in [-0.3, -0.25) is 9.89 Å². The molecule has 2 N–H and O–H groups in total. The first kappa shape index (κ1) is 19.9. The first-order chi connectivity index (χ1) is 13.6. The molecule has 1 heterocycles. The van der Waals surface area contributed by atoms with E-state index in [0.717, 1.165) is 17.7 Å². The highest BCUT2D eigenvalue weighted by Gasteiger charge is 2.11. The Morgan fingerprint density at radius 3 is 2.61 bits per heavy atom. The van der Waals surface area contributed by atoms with Gasteiger partial charge in [0.25, 0.3) is 5.91 Å². The number of rotatable bonds is 7. The van der Waals surface area contributed by atoms with Gasteiger partial charge in [-0.2, -0.15) is 10.2 Å². The lowest BCUT2D eigenvalue weighted by atomic mass is 10.1. The number of hydrogen-bond donors (Lipinski definition) is 2. The highest BCUT2D eigenvalue weighted by Crippen LogP contribution is 2.23. The Morgan fingerprint density at radius 2 is 1.93 bits per heavy atom. The molecule has 0 unspecified atom stereocenters. The predicted octanol–water partition coefficient (Wildman–Crippen LogP) is 4.94. The minimum atomic E-state index is -0.430. The molecule has 0 bridgehead atoms. The van der Waals surface area contributed by atoms with E-state index in [2.05, 4.69) is 27.6 Å². The van der Waals surface area contributed by atoms with Crippen LogP contribution in [0.1, 0.15) is 29.4 Å². The summed E-state index contributed by atoms with van der Waals surface area (Å²) < 4.78 is 5.56. The molecule has 0 aliphatic heterocycles. The van der Waals surface area contributed by atoms with Gasteiger partial charge < -0.3 is 4.74 Å². The van der Waals surface area contributed by atoms with Gasteiger partial charge in [0, 0.05) is 11.1 Å². The van der Waals surface area contributed by atoms with Crippen molar-refractivity contribution in [2.45, 2.75) is 13.3 Å². The molecule has 0 spiro atoms. The van der Waals surface area contributed by atoms with Crippen LogP contribution in [0.5, 0.6) is 5.75 Å². The van der Waals surface area contributed by atoms with Crippen LogP contribution in [0.15, 0.2) is 53.6 Å². The maximum Gasteiger partial charge on any atom is 0.289 e. The van der Waals surface area contributed by atoms with Crippen LogP contribution in [0.3, 0.4) is 0 Å². The van der Waals surface area contributed by atoms with E-state index in [9.17, 15) is 4.79 Å². The summed E-state index contributed by atoms with van der Waals surface area (Å²) in [5, 5.41) is 11.7. The fourth-order valence-corrected chi connectivity index (χ4v) is 2.87. The molecular weight excluding hydrogens is 399 g/mol. The van der Waals surface area contributed by atoms with E-state index in [1.165, 1.54) is 6.21 Å². The summed E-state index contributed by atoms with van der Waals surface area (Å²) in [5.41, 5.74) is 4.74. The molecule has 6 nitrogen and oxygen atoms in total. The molecule has 1 aromatic heterocycles. The van der Waals surface area contributed by atoms with Crippen molar-refractivity contribution >= 4 is 35.3 Å². The number of nitrogens with one attached hydrogen (secondary N) is 2. The van der Waals surface area contributed by atoms with Crippen molar-refractivity contribution < 1.29 is 9.53 Å². The molecule has 0 aliphatic carbocycles. The number of carbonyl (C=O) groups excluding carboxylic acids is 1. The molecule has 0 saturated heterocycles. The van der Waals surface area contributed by atoms with Crippen LogP contribution in [0.4, 0.5) is 0 Å². The summed E-state index contributed by atoms with van der Waals surface area (Å²) in [6.45, 7) is 2.73. The van der Waals surface area contributed by atoms with E-state index < -0.39 is 5.91 Å². The Balaban J connectivity index is 1.64. The molecule has 1 amide bonds. The van der Waals surface area contributed by atoms with E-state index in [0.29, 0.717) is 27.9 Å². The monoisotopic (exact) mass is 416 g/mol. The van der Waals surface area contributed by atoms with E-state index in [1.54, 1.807) is 24.3 Å². The quantitative estimate of drug-likeness (QED) is 0.422. The van der Waals surface area contributed by atoms with Gasteiger partial charge in [0.1, 0.15) is 11.4 Å². The third-order valence-corrected chi connectivity index (χ3v) is 4.46. The number of carbonyl (C=O) groups is 1. The van der Waals surface area contributed by atoms with Crippen molar-refractivity contribution in [3.05, 3.63) is 69.8 Å². The normalized spacial score (nSPS) is 11.0. The first-order valence-corrected chi connectivity index (χ1v) is 9.40. The van der Waals surface area contributed by atoms with Crippen molar-refractivity contribution in [3.63, 3.8) is 0 Å². The molecule has 0 fully saturated rings. The first-order valence-electron chi connectivity index (χ1n) is 8.64. The minimum absolute atomic E-state index is 0.281. The molecular formula is C20H18Cl2N4O2. The summed E-state index contributed by atoms with van der Waals surface area (Å²) in [6, 6.07) is 14.3. The van der Waals surface area contributed by atoms with Crippen LogP contribution in [0.25, 0.3) is 11.3 Å². The number of benzene rings is 2. The van der Waals surface area contributed by atoms with Gasteiger partial charge in [0.15, 0.2) is 0 Å². The molecule has 3 rings (SSSR count). The van der Waals surface area contributed by atoms with Gasteiger partial charge in [-0.05, 0) is 48.9 Å². The maximum absolute atomic E-state index is 12.2. The number of hydrogen-bond acceptors (Lipinski definition) is 4. The Labute approximate surface area is 172 Å². The van der Waals surface area contributed by atoms with Crippen LogP contribution in [0.2, 0.25) is 10.0 Å². The Morgan fingerprint density at radius 1 is 1.21 bits per heavy atom. The van der Waals surface area contributed by atoms with Gasteiger partial charge in [0.2, 0.25) is 0 Å². The molecule has 0 atom stereocenters. The Hall–Kier alpha value is -2.83. The summed E-state index contributed by atoms with van der Waals surface area (Å²) >= 11 is 12.1. The van der Waals surface area contributed by atoms with E-state index in [4.69, 9.17) is 27.9 Å². The van der Waals surface area contributed by atoms with E-state index in [1.807, 2.05) is 24.3 Å². The van der Waals surface area contributed by atoms with Crippen LogP contribution in [0, 0.1) is 0 Å². The number of hydrazone groups is 1. The highest BCUT2D eigenvalue weighted by molar-refractivity contribution is 6.38. The van der Waals surface area contributed by atoms with Crippen molar-refractivity contribution in [2.24, 2.45) is 5.10 Å². The van der Waals surface area contributed by atoms with Gasteiger partial charge in [-0.1, -0.05) is 36.2 Å². The summed E-state index contributed by atoms with van der Waals surface area (Å²) in [5.74, 6) is 0.368. The second-order valence-corrected chi connectivity index (χ2v) is 6.69. The predicted molar refractivity (Wildman–Crippen MR) is 111 cm³/mol. The van der Waals surface area contributed by atoms with Crippen molar-refractivity contribution in [2.75, 3.05) is 6.61 Å². The van der Waals surface area contributed by atoms with Crippen LogP contribution in [-0.2, 0) is 0 Å². The number of H-pyrrole nitrogens is 1. The lowest BCUT2D eigenvalue weighted by molar-refractivity contribution is 0.0950. The van der Waals surface area contributed by atoms with Crippen molar-refractivity contribution in [1.29, 1.82) is 0 Å². The number of aromatic nitrogens is 2. The lowest BCUT2D eigenvalue weighted by Gasteiger charge is -2.04. The zero-order chi connectivity index (χ0) is 19.9. The molecule has 3 aromatic rings. The molecule has 0 radical (unpaired) electrons. The molecule has 144 valence electrons. The van der Waals surface area contributed by atoms with E-state index >= 15 is 0 Å². The summed E-state index contributed by atoms with van der Waals surface area (Å²) in [7, 11) is 0. The number of aromatic amines is 1. The number of nitrogens with zero attached hydrogens (tertiary/aromatic N) is 2. The zero-order valence-electron chi connectivity index (χ0n) is 15.1. The van der Waals surface area contributed by atoms with Gasteiger partial charge in [-0.25, -0.2) is 5.43 Å². The number of amides is 1. The largest absolute Gasteiger partial charge is 0.494 e. The average Bonchev–Trinajstić information content (AvgIpc) is 3.19. The molecule has 8 heteroatoms. The Kier molecular flexibility index (Phi) is 6.68. The third kappa shape index (κ3) is 4.91.